The van der Waals surface area contributed by atoms with Crippen molar-refractivity contribution in [3.8, 4) is 0 Å². The molecule has 0 bridgehead atoms. The molecule has 3 rings (SSSR count). The van der Waals surface area contributed by atoms with Crippen molar-refractivity contribution < 1.29 is 9.59 Å². The molecule has 0 saturated carbocycles. The maximum Gasteiger partial charge on any atom is 0.253 e. The number of aromatic nitrogens is 3. The molecule has 7 nitrogen and oxygen atoms in total. The summed E-state index contributed by atoms with van der Waals surface area (Å²) in [6.07, 6.45) is 0. The number of rotatable bonds is 9. The van der Waals surface area contributed by atoms with Crippen LogP contribution in [0, 0.1) is 26.7 Å². The molecule has 192 valence electrons. The molecule has 0 saturated heterocycles. The number of benzene rings is 2. The summed E-state index contributed by atoms with van der Waals surface area (Å²) in [5.74, 6) is 0.401. The number of carbonyl (C=O) groups is 2. The number of nitrogens with one attached hydrogen (secondary N) is 2. The van der Waals surface area contributed by atoms with Gasteiger partial charge in [0.2, 0.25) is 5.91 Å². The fourth-order valence-corrected chi connectivity index (χ4v) is 5.34. The quantitative estimate of drug-likeness (QED) is 0.303. The molecule has 2 amide bonds. The average Bonchev–Trinajstić information content (AvgIpc) is 3.20. The molecule has 0 aliphatic carbocycles. The number of anilines is 1. The number of aryl methyl sites for hydroxylation is 3. The molecule has 0 radical (unpaired) electrons. The second-order valence-corrected chi connectivity index (χ2v) is 10.8. The van der Waals surface area contributed by atoms with E-state index in [4.69, 9.17) is 23.2 Å². The Balaban J connectivity index is 1.75. The topological polar surface area (TPSA) is 88.9 Å². The monoisotopic (exact) mass is 547 g/mol. The Morgan fingerprint density at radius 1 is 1.06 bits per heavy atom. The van der Waals surface area contributed by atoms with Gasteiger partial charge in [-0.1, -0.05) is 66.5 Å². The second kappa shape index (κ2) is 12.1. The minimum Gasteiger partial charge on any atom is -0.342 e. The first-order valence-electron chi connectivity index (χ1n) is 11.7. The van der Waals surface area contributed by atoms with E-state index < -0.39 is 6.04 Å². The SMILES string of the molecule is CCn1c(SCC(=O)Nc2c(C)cc(C)cc2C)nnc1[C@H](NC(=O)c1ccc(Cl)cc1Cl)C(C)C. The summed E-state index contributed by atoms with van der Waals surface area (Å²) in [6, 6.07) is 8.45. The van der Waals surface area contributed by atoms with Gasteiger partial charge in [0.25, 0.3) is 5.91 Å². The fourth-order valence-electron chi connectivity index (χ4n) is 4.04. The molecular weight excluding hydrogens is 517 g/mol. The molecule has 2 N–H and O–H groups in total. The molecule has 0 aliphatic rings. The minimum atomic E-state index is -0.405. The Bertz CT molecular complexity index is 1250. The van der Waals surface area contributed by atoms with E-state index in [9.17, 15) is 9.59 Å². The van der Waals surface area contributed by atoms with E-state index in [0.717, 1.165) is 22.4 Å². The van der Waals surface area contributed by atoms with Gasteiger partial charge in [-0.3, -0.25) is 9.59 Å². The van der Waals surface area contributed by atoms with Crippen molar-refractivity contribution >= 4 is 52.5 Å². The highest BCUT2D eigenvalue weighted by Crippen LogP contribution is 2.28. The first kappa shape index (κ1) is 28.0. The van der Waals surface area contributed by atoms with E-state index >= 15 is 0 Å². The van der Waals surface area contributed by atoms with Gasteiger partial charge in [0.15, 0.2) is 11.0 Å². The lowest BCUT2D eigenvalue weighted by Gasteiger charge is -2.23. The van der Waals surface area contributed by atoms with Crippen molar-refractivity contribution in [1.29, 1.82) is 0 Å². The standard InChI is InChI=1S/C26H31Cl2N5O2S/c1-7-33-24(22(14(2)3)30-25(35)19-9-8-18(27)12-20(19)28)31-32-26(33)36-13-21(34)29-23-16(5)10-15(4)11-17(23)6/h8-12,14,22H,7,13H2,1-6H3,(H,29,34)(H,30,35)/t22-/m1/s1. The number of carbonyl (C=O) groups excluding carboxylic acids is 2. The van der Waals surface area contributed by atoms with Gasteiger partial charge in [0, 0.05) is 17.3 Å². The molecule has 0 fully saturated rings. The van der Waals surface area contributed by atoms with Crippen LogP contribution in [0.3, 0.4) is 0 Å². The van der Waals surface area contributed by atoms with Crippen LogP contribution in [0.2, 0.25) is 10.0 Å². The summed E-state index contributed by atoms with van der Waals surface area (Å²) in [5, 5.41) is 16.1. The molecule has 10 heteroatoms. The van der Waals surface area contributed by atoms with Crippen LogP contribution in [-0.4, -0.2) is 32.3 Å². The normalized spacial score (nSPS) is 12.0. The summed E-state index contributed by atoms with van der Waals surface area (Å²) >= 11 is 13.5. The van der Waals surface area contributed by atoms with Gasteiger partial charge >= 0.3 is 0 Å². The molecule has 0 spiro atoms. The van der Waals surface area contributed by atoms with Crippen molar-refractivity contribution in [2.45, 2.75) is 59.3 Å². The van der Waals surface area contributed by atoms with Crippen LogP contribution in [0.25, 0.3) is 0 Å². The molecule has 0 aliphatic heterocycles. The number of hydrogen-bond donors (Lipinski definition) is 2. The first-order chi connectivity index (χ1) is 17.0. The van der Waals surface area contributed by atoms with E-state index in [0.29, 0.717) is 28.1 Å². The van der Waals surface area contributed by atoms with Gasteiger partial charge in [-0.05, 0) is 62.9 Å². The molecule has 0 unspecified atom stereocenters. The van der Waals surface area contributed by atoms with Crippen LogP contribution < -0.4 is 10.6 Å². The van der Waals surface area contributed by atoms with E-state index in [2.05, 4.69) is 20.8 Å². The van der Waals surface area contributed by atoms with Crippen LogP contribution in [0.1, 0.15) is 59.7 Å². The maximum atomic E-state index is 13.0. The summed E-state index contributed by atoms with van der Waals surface area (Å²) in [5.41, 5.74) is 4.39. The van der Waals surface area contributed by atoms with Gasteiger partial charge in [-0.2, -0.15) is 0 Å². The fraction of sp³-hybridized carbons (Fsp3) is 0.385. The largest absolute Gasteiger partial charge is 0.342 e. The molecular formula is C26H31Cl2N5O2S. The highest BCUT2D eigenvalue weighted by molar-refractivity contribution is 7.99. The van der Waals surface area contributed by atoms with Crippen LogP contribution >= 0.6 is 35.0 Å². The minimum absolute atomic E-state index is 0.0307. The summed E-state index contributed by atoms with van der Waals surface area (Å²) in [6.45, 7) is 12.6. The Morgan fingerprint density at radius 3 is 2.31 bits per heavy atom. The van der Waals surface area contributed by atoms with Crippen molar-refractivity contribution in [3.63, 3.8) is 0 Å². The molecule has 1 heterocycles. The Kier molecular flexibility index (Phi) is 9.44. The van der Waals surface area contributed by atoms with Crippen molar-refractivity contribution in [2.75, 3.05) is 11.1 Å². The molecule has 1 atom stereocenters. The lowest BCUT2D eigenvalue weighted by atomic mass is 10.0. The lowest BCUT2D eigenvalue weighted by Crippen LogP contribution is -2.34. The lowest BCUT2D eigenvalue weighted by molar-refractivity contribution is -0.113. The van der Waals surface area contributed by atoms with E-state index in [1.165, 1.54) is 17.8 Å². The third kappa shape index (κ3) is 6.60. The number of nitrogens with zero attached hydrogens (tertiary/aromatic N) is 3. The third-order valence-electron chi connectivity index (χ3n) is 5.74. The smallest absolute Gasteiger partial charge is 0.253 e. The molecule has 3 aromatic rings. The van der Waals surface area contributed by atoms with Crippen LogP contribution in [0.5, 0.6) is 0 Å². The summed E-state index contributed by atoms with van der Waals surface area (Å²) in [4.78, 5) is 25.7. The van der Waals surface area contributed by atoms with Crippen LogP contribution in [0.15, 0.2) is 35.5 Å². The second-order valence-electron chi connectivity index (χ2n) is 9.01. The van der Waals surface area contributed by atoms with Crippen LogP contribution in [-0.2, 0) is 11.3 Å². The predicted molar refractivity (Wildman–Crippen MR) is 147 cm³/mol. The van der Waals surface area contributed by atoms with E-state index in [1.54, 1.807) is 12.1 Å². The highest BCUT2D eigenvalue weighted by atomic mass is 35.5. The van der Waals surface area contributed by atoms with Gasteiger partial charge in [0.05, 0.1) is 22.4 Å². The number of thioether (sulfide) groups is 1. The zero-order chi connectivity index (χ0) is 26.6. The van der Waals surface area contributed by atoms with Gasteiger partial charge in [0.1, 0.15) is 0 Å². The Labute approximate surface area is 226 Å². The van der Waals surface area contributed by atoms with Gasteiger partial charge in [-0.15, -0.1) is 10.2 Å². The molecule has 36 heavy (non-hydrogen) atoms. The average molecular weight is 549 g/mol. The summed E-state index contributed by atoms with van der Waals surface area (Å²) < 4.78 is 1.93. The number of amides is 2. The predicted octanol–water partition coefficient (Wildman–Crippen LogP) is 6.39. The Morgan fingerprint density at radius 2 is 1.72 bits per heavy atom. The number of halogens is 2. The molecule has 2 aromatic carbocycles. The zero-order valence-electron chi connectivity index (χ0n) is 21.3. The van der Waals surface area contributed by atoms with Crippen molar-refractivity contribution in [1.82, 2.24) is 20.1 Å². The van der Waals surface area contributed by atoms with Crippen molar-refractivity contribution in [3.05, 3.63) is 68.5 Å². The zero-order valence-corrected chi connectivity index (χ0v) is 23.6. The van der Waals surface area contributed by atoms with Gasteiger partial charge < -0.3 is 15.2 Å². The Hall–Kier alpha value is -2.55. The van der Waals surface area contributed by atoms with E-state index in [1.807, 2.05) is 58.2 Å². The summed E-state index contributed by atoms with van der Waals surface area (Å²) in [7, 11) is 0. The van der Waals surface area contributed by atoms with Crippen LogP contribution in [0.4, 0.5) is 5.69 Å². The maximum absolute atomic E-state index is 13.0. The van der Waals surface area contributed by atoms with E-state index in [-0.39, 0.29) is 28.5 Å². The molecule has 1 aromatic heterocycles. The number of hydrogen-bond acceptors (Lipinski definition) is 5. The third-order valence-corrected chi connectivity index (χ3v) is 7.26. The first-order valence-corrected chi connectivity index (χ1v) is 13.4. The highest BCUT2D eigenvalue weighted by Gasteiger charge is 2.27. The van der Waals surface area contributed by atoms with Crippen molar-refractivity contribution in [2.24, 2.45) is 5.92 Å². The van der Waals surface area contributed by atoms with Gasteiger partial charge in [-0.25, -0.2) is 0 Å².